The highest BCUT2D eigenvalue weighted by molar-refractivity contribution is 5.86. The summed E-state index contributed by atoms with van der Waals surface area (Å²) < 4.78 is 7.24. The van der Waals surface area contributed by atoms with Gasteiger partial charge in [0.1, 0.15) is 24.6 Å². The molecule has 0 amide bonds. The third kappa shape index (κ3) is 3.13. The molecule has 0 spiro atoms. The maximum atomic E-state index is 10.4. The van der Waals surface area contributed by atoms with Crippen molar-refractivity contribution in [3.63, 3.8) is 0 Å². The molecule has 2 aliphatic rings. The van der Waals surface area contributed by atoms with Gasteiger partial charge in [0.2, 0.25) is 0 Å². The second-order valence-electron chi connectivity index (χ2n) is 7.60. The van der Waals surface area contributed by atoms with E-state index in [1.807, 2.05) is 30.3 Å². The van der Waals surface area contributed by atoms with Gasteiger partial charge in [-0.25, -0.2) is 15.0 Å². The highest BCUT2D eigenvalue weighted by Crippen LogP contribution is 2.35. The van der Waals surface area contributed by atoms with E-state index >= 15 is 0 Å². The Hall–Kier alpha value is -2.63. The van der Waals surface area contributed by atoms with Gasteiger partial charge in [-0.05, 0) is 25.1 Å². The van der Waals surface area contributed by atoms with E-state index in [4.69, 9.17) is 4.74 Å². The Labute approximate surface area is 172 Å². The number of hydrogen-bond donors (Lipinski definition) is 4. The van der Waals surface area contributed by atoms with Crippen molar-refractivity contribution in [2.24, 2.45) is 0 Å². The Morgan fingerprint density at radius 3 is 2.67 bits per heavy atom. The standard InChI is InChI=1S/C20H24N6O4/c27-9-14-16(28)17(29)20(30-14)25-11-24-15-18(25)22-10-23-19(15)26(13-6-7-21-8-13)12-4-2-1-3-5-12/h1-5,10-11,13-14,16-17,20-21,27-29H,6-9H2/t13-,14+,16-,17-,20+/m0/s1. The lowest BCUT2D eigenvalue weighted by Crippen LogP contribution is -2.34. The van der Waals surface area contributed by atoms with Gasteiger partial charge < -0.3 is 30.3 Å². The molecule has 5 atom stereocenters. The zero-order valence-electron chi connectivity index (χ0n) is 16.2. The van der Waals surface area contributed by atoms with E-state index in [1.165, 1.54) is 12.7 Å². The monoisotopic (exact) mass is 412 g/mol. The third-order valence-corrected chi connectivity index (χ3v) is 5.79. The predicted octanol–water partition coefficient (Wildman–Crippen LogP) is -0.0622. The molecule has 4 heterocycles. The van der Waals surface area contributed by atoms with Crippen molar-refractivity contribution in [2.75, 3.05) is 24.6 Å². The van der Waals surface area contributed by atoms with Gasteiger partial charge in [-0.1, -0.05) is 18.2 Å². The maximum absolute atomic E-state index is 10.4. The number of aliphatic hydroxyl groups is 3. The van der Waals surface area contributed by atoms with E-state index in [0.29, 0.717) is 17.0 Å². The zero-order chi connectivity index (χ0) is 20.7. The molecular weight excluding hydrogens is 388 g/mol. The number of fused-ring (bicyclic) bond motifs is 1. The van der Waals surface area contributed by atoms with Gasteiger partial charge in [-0.15, -0.1) is 0 Å². The van der Waals surface area contributed by atoms with E-state index in [1.54, 1.807) is 4.57 Å². The van der Waals surface area contributed by atoms with Gasteiger partial charge in [-0.2, -0.15) is 0 Å². The number of aliphatic hydroxyl groups excluding tert-OH is 3. The molecule has 10 nitrogen and oxygen atoms in total. The molecule has 2 aromatic heterocycles. The maximum Gasteiger partial charge on any atom is 0.167 e. The lowest BCUT2D eigenvalue weighted by atomic mass is 10.1. The number of imidazole rings is 1. The van der Waals surface area contributed by atoms with Crippen molar-refractivity contribution in [3.05, 3.63) is 43.0 Å². The first kappa shape index (κ1) is 19.3. The molecule has 0 bridgehead atoms. The van der Waals surface area contributed by atoms with E-state index in [2.05, 4.69) is 25.2 Å². The molecule has 0 saturated carbocycles. The van der Waals surface area contributed by atoms with E-state index in [0.717, 1.165) is 25.2 Å². The Kier molecular flexibility index (Phi) is 5.09. The first-order valence-electron chi connectivity index (χ1n) is 10.0. The van der Waals surface area contributed by atoms with Gasteiger partial charge in [0.15, 0.2) is 23.2 Å². The second kappa shape index (κ2) is 7.89. The summed E-state index contributed by atoms with van der Waals surface area (Å²) in [7, 11) is 0. The van der Waals surface area contributed by atoms with Crippen LogP contribution in [0.15, 0.2) is 43.0 Å². The largest absolute Gasteiger partial charge is 0.394 e. The number of rotatable bonds is 5. The summed E-state index contributed by atoms with van der Waals surface area (Å²) in [4.78, 5) is 15.6. The molecule has 158 valence electrons. The molecular formula is C20H24N6O4. The van der Waals surface area contributed by atoms with Crippen molar-refractivity contribution >= 4 is 22.7 Å². The van der Waals surface area contributed by atoms with Crippen molar-refractivity contribution in [3.8, 4) is 0 Å². The lowest BCUT2D eigenvalue weighted by molar-refractivity contribution is -0.0511. The predicted molar refractivity (Wildman–Crippen MR) is 108 cm³/mol. The van der Waals surface area contributed by atoms with Crippen LogP contribution in [0.2, 0.25) is 0 Å². The van der Waals surface area contributed by atoms with Gasteiger partial charge >= 0.3 is 0 Å². The van der Waals surface area contributed by atoms with Crippen molar-refractivity contribution < 1.29 is 20.1 Å². The molecule has 1 aromatic carbocycles. The summed E-state index contributed by atoms with van der Waals surface area (Å²) >= 11 is 0. The molecule has 0 aliphatic carbocycles. The smallest absolute Gasteiger partial charge is 0.167 e. The molecule has 2 fully saturated rings. The fraction of sp³-hybridized carbons (Fsp3) is 0.450. The van der Waals surface area contributed by atoms with Gasteiger partial charge in [0.05, 0.1) is 12.9 Å². The van der Waals surface area contributed by atoms with Gasteiger partial charge in [-0.3, -0.25) is 4.57 Å². The Morgan fingerprint density at radius 2 is 1.97 bits per heavy atom. The van der Waals surface area contributed by atoms with Crippen LogP contribution in [0, 0.1) is 0 Å². The summed E-state index contributed by atoms with van der Waals surface area (Å²) in [6, 6.07) is 10.2. The topological polar surface area (TPSA) is 129 Å². The zero-order valence-corrected chi connectivity index (χ0v) is 16.2. The molecule has 2 aliphatic heterocycles. The number of nitrogens with one attached hydrogen (secondary N) is 1. The molecule has 10 heteroatoms. The van der Waals surface area contributed by atoms with Crippen LogP contribution in [0.3, 0.4) is 0 Å². The quantitative estimate of drug-likeness (QED) is 0.455. The van der Waals surface area contributed by atoms with E-state index in [-0.39, 0.29) is 6.04 Å². The minimum atomic E-state index is -1.21. The average molecular weight is 412 g/mol. The molecule has 0 radical (unpaired) electrons. The van der Waals surface area contributed by atoms with Crippen LogP contribution < -0.4 is 10.2 Å². The minimum Gasteiger partial charge on any atom is -0.394 e. The van der Waals surface area contributed by atoms with Crippen LogP contribution in [0.25, 0.3) is 11.2 Å². The summed E-state index contributed by atoms with van der Waals surface area (Å²) in [6.07, 6.45) is -0.200. The molecule has 2 saturated heterocycles. The van der Waals surface area contributed by atoms with Crippen LogP contribution in [0.4, 0.5) is 11.5 Å². The summed E-state index contributed by atoms with van der Waals surface area (Å²) in [5, 5.41) is 33.3. The number of nitrogens with zero attached hydrogens (tertiary/aromatic N) is 5. The van der Waals surface area contributed by atoms with Crippen molar-refractivity contribution in [2.45, 2.75) is 37.0 Å². The van der Waals surface area contributed by atoms with Gasteiger partial charge in [0.25, 0.3) is 0 Å². The molecule has 4 N–H and O–H groups in total. The van der Waals surface area contributed by atoms with E-state index in [9.17, 15) is 15.3 Å². The van der Waals surface area contributed by atoms with Crippen molar-refractivity contribution in [1.29, 1.82) is 0 Å². The van der Waals surface area contributed by atoms with Crippen LogP contribution in [-0.4, -0.2) is 78.9 Å². The average Bonchev–Trinajstić information content (AvgIpc) is 3.51. The lowest BCUT2D eigenvalue weighted by Gasteiger charge is -2.29. The Balaban J connectivity index is 1.59. The molecule has 3 aromatic rings. The summed E-state index contributed by atoms with van der Waals surface area (Å²) in [6.45, 7) is 1.37. The molecule has 0 unspecified atom stereocenters. The Morgan fingerprint density at radius 1 is 1.13 bits per heavy atom. The SMILES string of the molecule is OC[C@H]1O[C@@H](n2cnc3c(N(c4ccccc4)[C@H]4CCNC4)ncnc32)[C@@H](O)[C@H]1O. The van der Waals surface area contributed by atoms with Crippen LogP contribution in [0.5, 0.6) is 0 Å². The normalized spacial score (nSPS) is 29.0. The number of ether oxygens (including phenoxy) is 1. The third-order valence-electron chi connectivity index (χ3n) is 5.79. The first-order valence-corrected chi connectivity index (χ1v) is 10.0. The first-order chi connectivity index (χ1) is 14.7. The van der Waals surface area contributed by atoms with Gasteiger partial charge in [0, 0.05) is 18.3 Å². The number of anilines is 2. The number of para-hydroxylation sites is 1. The second-order valence-corrected chi connectivity index (χ2v) is 7.60. The fourth-order valence-electron chi connectivity index (χ4n) is 4.27. The number of hydrogen-bond acceptors (Lipinski definition) is 9. The highest BCUT2D eigenvalue weighted by Gasteiger charge is 2.44. The van der Waals surface area contributed by atoms with Crippen LogP contribution in [0.1, 0.15) is 12.6 Å². The van der Waals surface area contributed by atoms with Crippen LogP contribution >= 0.6 is 0 Å². The fourth-order valence-corrected chi connectivity index (χ4v) is 4.27. The molecule has 30 heavy (non-hydrogen) atoms. The van der Waals surface area contributed by atoms with Crippen molar-refractivity contribution in [1.82, 2.24) is 24.8 Å². The minimum absolute atomic E-state index is 0.213. The summed E-state index contributed by atoms with van der Waals surface area (Å²) in [5.74, 6) is 0.672. The summed E-state index contributed by atoms with van der Waals surface area (Å²) in [5.41, 5.74) is 2.07. The highest BCUT2D eigenvalue weighted by atomic mass is 16.6. The number of benzene rings is 1. The number of aromatic nitrogens is 4. The Bertz CT molecular complexity index is 1010. The van der Waals surface area contributed by atoms with Crippen LogP contribution in [-0.2, 0) is 4.74 Å². The molecule has 5 rings (SSSR count). The van der Waals surface area contributed by atoms with E-state index < -0.39 is 31.1 Å².